The van der Waals surface area contributed by atoms with Gasteiger partial charge in [0, 0.05) is 48.5 Å². The number of rotatable bonds is 10. The molecule has 2 aliphatic rings. The summed E-state index contributed by atoms with van der Waals surface area (Å²) in [5, 5.41) is 2.53. The number of ether oxygens (including phenoxy) is 9. The predicted molar refractivity (Wildman–Crippen MR) is 136 cm³/mol. The molecule has 2 rings (SSSR count). The van der Waals surface area contributed by atoms with Gasteiger partial charge in [0.25, 0.3) is 0 Å². The van der Waals surface area contributed by atoms with Gasteiger partial charge in [0.2, 0.25) is 12.2 Å². The number of carbonyl (C=O) groups is 7. The van der Waals surface area contributed by atoms with Gasteiger partial charge in [-0.2, -0.15) is 0 Å². The van der Waals surface area contributed by atoms with Gasteiger partial charge >= 0.3 is 35.8 Å². The van der Waals surface area contributed by atoms with Crippen LogP contribution < -0.4 is 5.32 Å². The minimum atomic E-state index is -1.63. The first-order valence-corrected chi connectivity index (χ1v) is 13.2. The molecule has 17 heteroatoms. The number of hydrogen-bond donors (Lipinski definition) is 1. The molecule has 43 heavy (non-hydrogen) atoms. The van der Waals surface area contributed by atoms with E-state index in [0.717, 1.165) is 48.5 Å². The molecular weight excluding hydrogens is 582 g/mol. The molecule has 17 nitrogen and oxygen atoms in total. The Balaban J connectivity index is 2.66. The van der Waals surface area contributed by atoms with Crippen LogP contribution in [0.1, 0.15) is 55.4 Å². The van der Waals surface area contributed by atoms with Crippen LogP contribution in [0.4, 0.5) is 0 Å². The fourth-order valence-electron chi connectivity index (χ4n) is 4.62. The van der Waals surface area contributed by atoms with Gasteiger partial charge in [-0.3, -0.25) is 33.6 Å². The van der Waals surface area contributed by atoms with E-state index in [4.69, 9.17) is 42.6 Å². The van der Waals surface area contributed by atoms with Crippen LogP contribution in [0.5, 0.6) is 0 Å². The largest absolute Gasteiger partial charge is 0.463 e. The van der Waals surface area contributed by atoms with E-state index in [1.54, 1.807) is 0 Å². The monoisotopic (exact) mass is 619 g/mol. The zero-order chi connectivity index (χ0) is 32.6. The first kappa shape index (κ1) is 35.4. The van der Waals surface area contributed by atoms with Crippen LogP contribution in [0.2, 0.25) is 0 Å². The van der Waals surface area contributed by atoms with Gasteiger partial charge in [-0.15, -0.1) is 0 Å². The summed E-state index contributed by atoms with van der Waals surface area (Å²) in [5.74, 6) is -5.43. The highest BCUT2D eigenvalue weighted by atomic mass is 16.8. The smallest absolute Gasteiger partial charge is 0.305 e. The van der Waals surface area contributed by atoms with Crippen molar-refractivity contribution >= 4 is 41.7 Å². The van der Waals surface area contributed by atoms with E-state index in [-0.39, 0.29) is 0 Å². The number of hydrogen-bond acceptors (Lipinski definition) is 16. The summed E-state index contributed by atoms with van der Waals surface area (Å²) in [7, 11) is 0. The van der Waals surface area contributed by atoms with Gasteiger partial charge in [-0.25, -0.2) is 0 Å². The van der Waals surface area contributed by atoms with E-state index < -0.39 is 110 Å². The van der Waals surface area contributed by atoms with E-state index in [0.29, 0.717) is 0 Å². The van der Waals surface area contributed by atoms with Gasteiger partial charge in [-0.05, 0) is 6.92 Å². The Hall–Kier alpha value is -3.83. The summed E-state index contributed by atoms with van der Waals surface area (Å²) in [6, 6.07) is -1.38. The van der Waals surface area contributed by atoms with Gasteiger partial charge in [0.1, 0.15) is 24.9 Å². The lowest BCUT2D eigenvalue weighted by atomic mass is 9.94. The molecular formula is C26H37NO16. The Morgan fingerprint density at radius 1 is 0.558 bits per heavy atom. The maximum Gasteiger partial charge on any atom is 0.305 e. The molecule has 1 amide bonds. The Kier molecular flexibility index (Phi) is 12.8. The van der Waals surface area contributed by atoms with Crippen molar-refractivity contribution in [3.05, 3.63) is 0 Å². The summed E-state index contributed by atoms with van der Waals surface area (Å²) in [5.41, 5.74) is 0. The van der Waals surface area contributed by atoms with Crippen molar-refractivity contribution in [2.45, 2.75) is 117 Å². The van der Waals surface area contributed by atoms with Crippen LogP contribution in [0.15, 0.2) is 0 Å². The van der Waals surface area contributed by atoms with Gasteiger partial charge < -0.3 is 47.9 Å². The fourth-order valence-corrected chi connectivity index (χ4v) is 4.62. The van der Waals surface area contributed by atoms with Crippen LogP contribution in [0.3, 0.4) is 0 Å². The number of carbonyl (C=O) groups excluding carboxylic acids is 7. The number of nitrogens with one attached hydrogen (secondary N) is 1. The van der Waals surface area contributed by atoms with Gasteiger partial charge in [-0.1, -0.05) is 0 Å². The molecule has 2 fully saturated rings. The second-order valence-corrected chi connectivity index (χ2v) is 9.79. The Morgan fingerprint density at radius 3 is 1.53 bits per heavy atom. The van der Waals surface area contributed by atoms with Gasteiger partial charge in [0.05, 0.1) is 6.10 Å². The van der Waals surface area contributed by atoms with E-state index in [2.05, 4.69) is 5.32 Å². The van der Waals surface area contributed by atoms with Crippen molar-refractivity contribution in [2.24, 2.45) is 0 Å². The molecule has 10 atom stereocenters. The average molecular weight is 620 g/mol. The lowest BCUT2D eigenvalue weighted by Crippen LogP contribution is -2.69. The summed E-state index contributed by atoms with van der Waals surface area (Å²) < 4.78 is 49.9. The van der Waals surface area contributed by atoms with Crippen LogP contribution in [-0.4, -0.2) is 110 Å². The predicted octanol–water partition coefficient (Wildman–Crippen LogP) is -0.801. The van der Waals surface area contributed by atoms with Crippen molar-refractivity contribution in [3.8, 4) is 0 Å². The van der Waals surface area contributed by atoms with Crippen LogP contribution in [0.25, 0.3) is 0 Å². The standard InChI is InChI=1S/C26H37NO16/c1-10-20(37-13(4)30)23(39-15(6)32)24(40-16(7)33)26(36-10)43-22-19(27-11(2)28)25(41-17(8)34)42-18(9-35-12(3)29)21(22)38-14(5)31/h10,18-26H,9H2,1-8H3,(H,27,28)/t10-,18+,19+,20+,21+,22+,23+,24-,25+,26-/m0/s1. The van der Waals surface area contributed by atoms with Crippen molar-refractivity contribution in [1.82, 2.24) is 5.32 Å². The Morgan fingerprint density at radius 2 is 1.05 bits per heavy atom. The third kappa shape index (κ3) is 10.4. The topological polar surface area (TPSA) is 215 Å². The highest BCUT2D eigenvalue weighted by Gasteiger charge is 2.56. The molecule has 0 bridgehead atoms. The first-order valence-electron chi connectivity index (χ1n) is 13.2. The van der Waals surface area contributed by atoms with Crippen molar-refractivity contribution in [1.29, 1.82) is 0 Å². The van der Waals surface area contributed by atoms with Crippen LogP contribution in [0, 0.1) is 0 Å². The summed E-state index contributed by atoms with van der Waals surface area (Å²) >= 11 is 0. The molecule has 1 N–H and O–H groups in total. The molecule has 2 heterocycles. The van der Waals surface area contributed by atoms with E-state index in [9.17, 15) is 33.6 Å². The number of esters is 6. The van der Waals surface area contributed by atoms with Crippen molar-refractivity contribution in [2.75, 3.05) is 6.61 Å². The zero-order valence-electron chi connectivity index (χ0n) is 25.0. The van der Waals surface area contributed by atoms with E-state index in [1.165, 1.54) is 6.92 Å². The maximum absolute atomic E-state index is 12.2. The molecule has 0 radical (unpaired) electrons. The van der Waals surface area contributed by atoms with E-state index in [1.807, 2.05) is 0 Å². The molecule has 0 spiro atoms. The second kappa shape index (κ2) is 15.6. The maximum atomic E-state index is 12.2. The highest BCUT2D eigenvalue weighted by Crippen LogP contribution is 2.34. The minimum Gasteiger partial charge on any atom is -0.463 e. The molecule has 2 aliphatic heterocycles. The molecule has 0 saturated carbocycles. The molecule has 242 valence electrons. The zero-order valence-corrected chi connectivity index (χ0v) is 25.0. The molecule has 2 saturated heterocycles. The summed E-state index contributed by atoms with van der Waals surface area (Å²) in [6.07, 6.45) is -12.7. The Labute approximate surface area is 247 Å². The Bertz CT molecular complexity index is 1060. The van der Waals surface area contributed by atoms with E-state index >= 15 is 0 Å². The normalized spacial score (nSPS) is 31.9. The van der Waals surface area contributed by atoms with Crippen LogP contribution in [-0.2, 0) is 76.2 Å². The average Bonchev–Trinajstić information content (AvgIpc) is 2.84. The SMILES string of the molecule is CC(=O)N[C@H]1[C@H](OC(C)=O)O[C@H](COC(C)=O)[C@@H](OC(C)=O)[C@@H]1O[C@@H]1O[C@@H](C)[C@@H](OC(C)=O)[C@@H](OC(C)=O)[C@@H]1OC(C)=O. The second-order valence-electron chi connectivity index (χ2n) is 9.79. The lowest BCUT2D eigenvalue weighted by molar-refractivity contribution is -0.340. The third-order valence-corrected chi connectivity index (χ3v) is 5.98. The minimum absolute atomic E-state index is 0.502. The highest BCUT2D eigenvalue weighted by molar-refractivity contribution is 5.73. The number of amides is 1. The fraction of sp³-hybridized carbons (Fsp3) is 0.731. The quantitative estimate of drug-likeness (QED) is 0.234. The molecule has 0 aromatic rings. The van der Waals surface area contributed by atoms with Crippen LogP contribution >= 0.6 is 0 Å². The molecule has 0 aromatic heterocycles. The van der Waals surface area contributed by atoms with Gasteiger partial charge in [0.15, 0.2) is 30.7 Å². The molecule has 0 unspecified atom stereocenters. The molecule has 0 aliphatic carbocycles. The lowest BCUT2D eigenvalue weighted by Gasteiger charge is -2.48. The summed E-state index contributed by atoms with van der Waals surface area (Å²) in [4.78, 5) is 84.0. The first-order chi connectivity index (χ1) is 20.0. The van der Waals surface area contributed by atoms with Crippen molar-refractivity contribution < 1.29 is 76.2 Å². The molecule has 0 aromatic carbocycles. The third-order valence-electron chi connectivity index (χ3n) is 5.98. The van der Waals surface area contributed by atoms with Crippen molar-refractivity contribution in [3.63, 3.8) is 0 Å². The summed E-state index contributed by atoms with van der Waals surface area (Å²) in [6.45, 7) is 8.64.